The Morgan fingerprint density at radius 3 is 2.42 bits per heavy atom. The van der Waals surface area contributed by atoms with Crippen LogP contribution in [0.15, 0.2) is 36.4 Å². The first kappa shape index (κ1) is 20.7. The van der Waals surface area contributed by atoms with Crippen LogP contribution in [0.2, 0.25) is 0 Å². The van der Waals surface area contributed by atoms with E-state index in [4.69, 9.17) is 0 Å². The third kappa shape index (κ3) is 7.98. The summed E-state index contributed by atoms with van der Waals surface area (Å²) < 4.78 is 0. The number of benzene rings is 1. The van der Waals surface area contributed by atoms with Gasteiger partial charge < -0.3 is 15.5 Å². The van der Waals surface area contributed by atoms with Gasteiger partial charge in [0.05, 0.1) is 6.10 Å². The minimum absolute atomic E-state index is 0.0282. The quantitative estimate of drug-likeness (QED) is 0.529. The van der Waals surface area contributed by atoms with Gasteiger partial charge in [-0.25, -0.2) is 0 Å². The number of rotatable bonds is 11. The van der Waals surface area contributed by atoms with Gasteiger partial charge in [-0.05, 0) is 62.3 Å². The van der Waals surface area contributed by atoms with Crippen LogP contribution in [0.1, 0.15) is 52.0 Å². The SMILES string of the molecule is CC[C@@H](C)C[C@H](C)/C=C/CC[C@H](O)[C@H](Cc1ccc(O)cc1)NC. The Morgan fingerprint density at radius 2 is 1.83 bits per heavy atom. The predicted octanol–water partition coefficient (Wildman–Crippen LogP) is 4.29. The summed E-state index contributed by atoms with van der Waals surface area (Å²) in [5, 5.41) is 23.0. The summed E-state index contributed by atoms with van der Waals surface area (Å²) >= 11 is 0. The summed E-state index contributed by atoms with van der Waals surface area (Å²) in [6.45, 7) is 6.80. The lowest BCUT2D eigenvalue weighted by Crippen LogP contribution is -2.39. The number of hydrogen-bond acceptors (Lipinski definition) is 3. The Kier molecular flexibility index (Phi) is 9.73. The maximum atomic E-state index is 10.4. The van der Waals surface area contributed by atoms with Crippen molar-refractivity contribution in [3.63, 3.8) is 0 Å². The van der Waals surface area contributed by atoms with Crippen molar-refractivity contribution in [1.82, 2.24) is 5.32 Å². The van der Waals surface area contributed by atoms with Crippen LogP contribution >= 0.6 is 0 Å². The lowest BCUT2D eigenvalue weighted by Gasteiger charge is -2.22. The zero-order valence-corrected chi connectivity index (χ0v) is 15.7. The lowest BCUT2D eigenvalue weighted by molar-refractivity contribution is 0.122. The standard InChI is InChI=1S/C21H35NO2/c1-5-16(2)14-17(3)8-6-7-9-21(24)20(22-4)15-18-10-12-19(23)13-11-18/h6,8,10-13,16-17,20-24H,5,7,9,14-15H2,1-4H3/b8-6+/t16-,17-,20+,21+/m1/s1. The molecule has 4 atom stereocenters. The highest BCUT2D eigenvalue weighted by Gasteiger charge is 2.17. The average Bonchev–Trinajstić information content (AvgIpc) is 2.57. The molecule has 136 valence electrons. The van der Waals surface area contributed by atoms with Gasteiger partial charge in [0.25, 0.3) is 0 Å². The van der Waals surface area contributed by atoms with Crippen molar-refractivity contribution >= 4 is 0 Å². The maximum absolute atomic E-state index is 10.4. The molecule has 0 spiro atoms. The van der Waals surface area contributed by atoms with E-state index in [1.165, 1.54) is 12.8 Å². The Balaban J connectivity index is 2.38. The van der Waals surface area contributed by atoms with E-state index in [9.17, 15) is 10.2 Å². The summed E-state index contributed by atoms with van der Waals surface area (Å²) in [5.74, 6) is 1.65. The summed E-state index contributed by atoms with van der Waals surface area (Å²) in [6.07, 6.45) is 9.00. The second-order valence-corrected chi connectivity index (χ2v) is 7.06. The predicted molar refractivity (Wildman–Crippen MR) is 102 cm³/mol. The molecule has 0 heterocycles. The number of allylic oxidation sites excluding steroid dienone is 2. The number of phenolic OH excluding ortho intramolecular Hbond substituents is 1. The monoisotopic (exact) mass is 333 g/mol. The number of aliphatic hydroxyl groups is 1. The van der Waals surface area contributed by atoms with Crippen LogP contribution in [0, 0.1) is 11.8 Å². The number of nitrogens with one attached hydrogen (secondary N) is 1. The zero-order valence-electron chi connectivity index (χ0n) is 15.7. The van der Waals surface area contributed by atoms with E-state index in [1.807, 2.05) is 19.2 Å². The zero-order chi connectivity index (χ0) is 17.9. The Bertz CT molecular complexity index is 469. The van der Waals surface area contributed by atoms with Gasteiger partial charge in [0.2, 0.25) is 0 Å². The average molecular weight is 334 g/mol. The van der Waals surface area contributed by atoms with E-state index < -0.39 is 0 Å². The summed E-state index contributed by atoms with van der Waals surface area (Å²) in [5.41, 5.74) is 1.11. The molecular formula is C21H35NO2. The van der Waals surface area contributed by atoms with Crippen LogP contribution in [0.5, 0.6) is 5.75 Å². The Hall–Kier alpha value is -1.32. The molecule has 0 fully saturated rings. The summed E-state index contributed by atoms with van der Waals surface area (Å²) in [6, 6.07) is 7.22. The lowest BCUT2D eigenvalue weighted by atomic mass is 9.94. The minimum Gasteiger partial charge on any atom is -0.508 e. The molecule has 0 aliphatic rings. The van der Waals surface area contributed by atoms with Crippen LogP contribution in [0.25, 0.3) is 0 Å². The molecular weight excluding hydrogens is 298 g/mol. The van der Waals surface area contributed by atoms with Crippen molar-refractivity contribution in [1.29, 1.82) is 0 Å². The number of hydrogen-bond donors (Lipinski definition) is 3. The van der Waals surface area contributed by atoms with Crippen molar-refractivity contribution in [2.75, 3.05) is 7.05 Å². The second-order valence-electron chi connectivity index (χ2n) is 7.06. The van der Waals surface area contributed by atoms with Crippen LogP contribution in [-0.2, 0) is 6.42 Å². The number of likely N-dealkylation sites (N-methyl/N-ethyl adjacent to an activating group) is 1. The van der Waals surface area contributed by atoms with Crippen LogP contribution < -0.4 is 5.32 Å². The van der Waals surface area contributed by atoms with E-state index >= 15 is 0 Å². The van der Waals surface area contributed by atoms with Gasteiger partial charge in [-0.3, -0.25) is 0 Å². The van der Waals surface area contributed by atoms with Crippen molar-refractivity contribution in [2.45, 2.75) is 65.0 Å². The highest BCUT2D eigenvalue weighted by atomic mass is 16.3. The van der Waals surface area contributed by atoms with Crippen molar-refractivity contribution in [3.05, 3.63) is 42.0 Å². The van der Waals surface area contributed by atoms with E-state index in [0.29, 0.717) is 5.92 Å². The van der Waals surface area contributed by atoms with Crippen LogP contribution in [0.4, 0.5) is 0 Å². The number of aliphatic hydroxyl groups excluding tert-OH is 1. The maximum Gasteiger partial charge on any atom is 0.115 e. The normalized spacial score (nSPS) is 16.9. The van der Waals surface area contributed by atoms with Gasteiger partial charge in [0.1, 0.15) is 5.75 Å². The van der Waals surface area contributed by atoms with E-state index in [-0.39, 0.29) is 17.9 Å². The highest BCUT2D eigenvalue weighted by Crippen LogP contribution is 2.17. The molecule has 3 heteroatoms. The minimum atomic E-state index is -0.377. The molecule has 1 aromatic rings. The first-order valence-corrected chi connectivity index (χ1v) is 9.26. The van der Waals surface area contributed by atoms with Gasteiger partial charge in [0.15, 0.2) is 0 Å². The summed E-state index contributed by atoms with van der Waals surface area (Å²) in [7, 11) is 1.89. The molecule has 0 amide bonds. The third-order valence-electron chi connectivity index (χ3n) is 4.79. The number of aromatic hydroxyl groups is 1. The largest absolute Gasteiger partial charge is 0.508 e. The summed E-state index contributed by atoms with van der Waals surface area (Å²) in [4.78, 5) is 0. The molecule has 0 aromatic heterocycles. The molecule has 1 rings (SSSR count). The molecule has 1 aromatic carbocycles. The molecule has 0 bridgehead atoms. The van der Waals surface area contributed by atoms with Crippen molar-refractivity contribution in [3.8, 4) is 5.75 Å². The highest BCUT2D eigenvalue weighted by molar-refractivity contribution is 5.26. The fourth-order valence-corrected chi connectivity index (χ4v) is 2.99. The molecule has 0 saturated heterocycles. The van der Waals surface area contributed by atoms with E-state index in [0.717, 1.165) is 30.7 Å². The second kappa shape index (κ2) is 11.3. The molecule has 0 aliphatic carbocycles. The molecule has 24 heavy (non-hydrogen) atoms. The molecule has 3 N–H and O–H groups in total. The molecule has 0 saturated carbocycles. The topological polar surface area (TPSA) is 52.5 Å². The van der Waals surface area contributed by atoms with E-state index in [2.05, 4.69) is 38.2 Å². The first-order valence-electron chi connectivity index (χ1n) is 9.26. The van der Waals surface area contributed by atoms with Gasteiger partial charge in [-0.15, -0.1) is 0 Å². The van der Waals surface area contributed by atoms with Crippen LogP contribution in [0.3, 0.4) is 0 Å². The Labute approximate surface area is 147 Å². The van der Waals surface area contributed by atoms with Gasteiger partial charge in [-0.2, -0.15) is 0 Å². The van der Waals surface area contributed by atoms with Gasteiger partial charge >= 0.3 is 0 Å². The van der Waals surface area contributed by atoms with E-state index in [1.54, 1.807) is 12.1 Å². The van der Waals surface area contributed by atoms with Gasteiger partial charge in [0, 0.05) is 6.04 Å². The first-order chi connectivity index (χ1) is 11.5. The fourth-order valence-electron chi connectivity index (χ4n) is 2.99. The molecule has 0 unspecified atom stereocenters. The number of phenols is 1. The van der Waals surface area contributed by atoms with Crippen molar-refractivity contribution < 1.29 is 10.2 Å². The Morgan fingerprint density at radius 1 is 1.17 bits per heavy atom. The molecule has 0 aliphatic heterocycles. The van der Waals surface area contributed by atoms with Crippen molar-refractivity contribution in [2.24, 2.45) is 11.8 Å². The third-order valence-corrected chi connectivity index (χ3v) is 4.79. The molecule has 3 nitrogen and oxygen atoms in total. The van der Waals surface area contributed by atoms with Crippen LogP contribution in [-0.4, -0.2) is 29.4 Å². The fraction of sp³-hybridized carbons (Fsp3) is 0.619. The smallest absolute Gasteiger partial charge is 0.115 e. The molecule has 0 radical (unpaired) electrons. The van der Waals surface area contributed by atoms with Gasteiger partial charge in [-0.1, -0.05) is 51.5 Å².